The summed E-state index contributed by atoms with van der Waals surface area (Å²) in [6.07, 6.45) is 1.40. The molecule has 0 saturated carbocycles. The number of sulfonamides is 1. The van der Waals surface area contributed by atoms with E-state index in [1.165, 1.54) is 16.6 Å². The minimum Gasteiger partial charge on any atom is -0.266 e. The third kappa shape index (κ3) is 2.26. The molecule has 1 aromatic rings. The molecule has 0 fully saturated rings. The van der Waals surface area contributed by atoms with E-state index in [0.717, 1.165) is 0 Å². The smallest absolute Gasteiger partial charge is 0.259 e. The topological polar surface area (TPSA) is 66.1 Å². The lowest BCUT2D eigenvalue weighted by Crippen LogP contribution is -2.32. The van der Waals surface area contributed by atoms with Gasteiger partial charge in [0, 0.05) is 19.0 Å². The van der Waals surface area contributed by atoms with Gasteiger partial charge in [0.1, 0.15) is 0 Å². The Labute approximate surface area is 88.1 Å². The zero-order chi connectivity index (χ0) is 10.6. The quantitative estimate of drug-likeness (QED) is 0.765. The van der Waals surface area contributed by atoms with Gasteiger partial charge < -0.3 is 0 Å². The van der Waals surface area contributed by atoms with Gasteiger partial charge in [-0.05, 0) is 6.07 Å². The zero-order valence-corrected chi connectivity index (χ0v) is 9.35. The van der Waals surface area contributed by atoms with E-state index in [-0.39, 0.29) is 10.9 Å². The monoisotopic (exact) mass is 237 g/mol. The van der Waals surface area contributed by atoms with Crippen molar-refractivity contribution in [2.75, 3.05) is 19.0 Å². The first-order chi connectivity index (χ1) is 6.62. The van der Waals surface area contributed by atoms with Gasteiger partial charge in [0.2, 0.25) is 0 Å². The van der Waals surface area contributed by atoms with Gasteiger partial charge in [-0.15, -0.1) is 11.6 Å². The van der Waals surface area contributed by atoms with E-state index in [1.54, 1.807) is 6.92 Å². The maximum absolute atomic E-state index is 11.8. The second kappa shape index (κ2) is 4.77. The van der Waals surface area contributed by atoms with Crippen LogP contribution < -0.4 is 0 Å². The fraction of sp³-hybridized carbons (Fsp3) is 0.571. The predicted octanol–water partition coefficient (Wildman–Crippen LogP) is 0.659. The van der Waals surface area contributed by atoms with E-state index in [0.29, 0.717) is 13.1 Å². The molecule has 1 rings (SSSR count). The van der Waals surface area contributed by atoms with Gasteiger partial charge in [-0.3, -0.25) is 5.10 Å². The number of nitrogens with zero attached hydrogens (tertiary/aromatic N) is 2. The summed E-state index contributed by atoms with van der Waals surface area (Å²) in [4.78, 5) is 0. The van der Waals surface area contributed by atoms with Crippen molar-refractivity contribution < 1.29 is 8.42 Å². The van der Waals surface area contributed by atoms with E-state index in [4.69, 9.17) is 11.6 Å². The van der Waals surface area contributed by atoms with Crippen LogP contribution in [-0.2, 0) is 10.0 Å². The molecule has 7 heteroatoms. The largest absolute Gasteiger partial charge is 0.266 e. The Morgan fingerprint density at radius 3 is 2.79 bits per heavy atom. The van der Waals surface area contributed by atoms with E-state index >= 15 is 0 Å². The van der Waals surface area contributed by atoms with Gasteiger partial charge in [0.25, 0.3) is 10.0 Å². The molecule has 1 aromatic heterocycles. The van der Waals surface area contributed by atoms with Crippen molar-refractivity contribution in [2.24, 2.45) is 0 Å². The minimum atomic E-state index is -3.44. The highest BCUT2D eigenvalue weighted by Gasteiger charge is 2.23. The van der Waals surface area contributed by atoms with Gasteiger partial charge in [-0.25, -0.2) is 8.42 Å². The highest BCUT2D eigenvalue weighted by atomic mass is 35.5. The highest BCUT2D eigenvalue weighted by Crippen LogP contribution is 2.11. The summed E-state index contributed by atoms with van der Waals surface area (Å²) in [6, 6.07) is 1.42. The number of rotatable bonds is 5. The van der Waals surface area contributed by atoms with Crippen LogP contribution in [0.15, 0.2) is 17.3 Å². The predicted molar refractivity (Wildman–Crippen MR) is 53.7 cm³/mol. The normalized spacial score (nSPS) is 12.2. The van der Waals surface area contributed by atoms with Crippen LogP contribution in [0.3, 0.4) is 0 Å². The zero-order valence-electron chi connectivity index (χ0n) is 7.77. The summed E-state index contributed by atoms with van der Waals surface area (Å²) in [5, 5.41) is 6.13. The molecule has 0 saturated heterocycles. The third-order valence-corrected chi connectivity index (χ3v) is 3.85. The molecular weight excluding hydrogens is 226 g/mol. The number of aromatic amines is 1. The molecule has 0 atom stereocenters. The van der Waals surface area contributed by atoms with Gasteiger partial charge in [-0.2, -0.15) is 9.40 Å². The average Bonchev–Trinajstić information content (AvgIpc) is 2.66. The molecule has 0 spiro atoms. The van der Waals surface area contributed by atoms with Crippen molar-refractivity contribution in [2.45, 2.75) is 11.9 Å². The number of hydrogen-bond donors (Lipinski definition) is 1. The molecule has 0 aliphatic rings. The molecule has 0 aliphatic heterocycles. The molecule has 0 aromatic carbocycles. The van der Waals surface area contributed by atoms with Crippen LogP contribution in [0, 0.1) is 0 Å². The minimum absolute atomic E-state index is 0.101. The fourth-order valence-electron chi connectivity index (χ4n) is 1.07. The van der Waals surface area contributed by atoms with Crippen LogP contribution in [0.1, 0.15) is 6.92 Å². The maximum Gasteiger partial charge on any atom is 0.259 e. The van der Waals surface area contributed by atoms with Crippen molar-refractivity contribution in [3.8, 4) is 0 Å². The van der Waals surface area contributed by atoms with E-state index in [1.807, 2.05) is 0 Å². The van der Waals surface area contributed by atoms with Crippen LogP contribution in [0.5, 0.6) is 0 Å². The molecular formula is C7H12ClN3O2S. The van der Waals surface area contributed by atoms with Crippen molar-refractivity contribution in [3.63, 3.8) is 0 Å². The molecule has 0 aliphatic carbocycles. The Bertz CT molecular complexity index is 362. The summed E-state index contributed by atoms with van der Waals surface area (Å²) < 4.78 is 24.9. The number of alkyl halides is 1. The number of hydrogen-bond acceptors (Lipinski definition) is 3. The molecule has 0 bridgehead atoms. The Balaban J connectivity index is 2.94. The highest BCUT2D eigenvalue weighted by molar-refractivity contribution is 7.89. The molecule has 0 radical (unpaired) electrons. The number of halogens is 1. The average molecular weight is 238 g/mol. The van der Waals surface area contributed by atoms with Crippen molar-refractivity contribution in [3.05, 3.63) is 12.3 Å². The van der Waals surface area contributed by atoms with Crippen LogP contribution in [0.4, 0.5) is 0 Å². The van der Waals surface area contributed by atoms with Crippen molar-refractivity contribution in [1.82, 2.24) is 14.5 Å². The summed E-state index contributed by atoms with van der Waals surface area (Å²) in [5.41, 5.74) is 0. The van der Waals surface area contributed by atoms with E-state index in [9.17, 15) is 8.42 Å². The lowest BCUT2D eigenvalue weighted by atomic mass is 10.7. The second-order valence-corrected chi connectivity index (χ2v) is 4.89. The maximum atomic E-state index is 11.8. The number of aromatic nitrogens is 2. The fourth-order valence-corrected chi connectivity index (χ4v) is 2.72. The van der Waals surface area contributed by atoms with Crippen molar-refractivity contribution in [1.29, 1.82) is 0 Å². The SMILES string of the molecule is CCN(CCCl)S(=O)(=O)c1ccn[nH]1. The van der Waals surface area contributed by atoms with Crippen LogP contribution in [0.2, 0.25) is 0 Å². The summed E-state index contributed by atoms with van der Waals surface area (Å²) in [6.45, 7) is 2.47. The Kier molecular flexibility index (Phi) is 3.91. The summed E-state index contributed by atoms with van der Waals surface area (Å²) in [5.74, 6) is 0.279. The molecule has 0 amide bonds. The van der Waals surface area contributed by atoms with Crippen LogP contribution in [-0.4, -0.2) is 41.9 Å². The van der Waals surface area contributed by atoms with Gasteiger partial charge in [0.05, 0.1) is 6.20 Å². The number of nitrogens with one attached hydrogen (secondary N) is 1. The molecule has 0 unspecified atom stereocenters. The van der Waals surface area contributed by atoms with Gasteiger partial charge in [-0.1, -0.05) is 6.92 Å². The summed E-state index contributed by atoms with van der Waals surface area (Å²) >= 11 is 5.51. The first-order valence-corrected chi connectivity index (χ1v) is 6.16. The van der Waals surface area contributed by atoms with Crippen molar-refractivity contribution >= 4 is 21.6 Å². The molecule has 5 nitrogen and oxygen atoms in total. The Hall–Kier alpha value is -0.590. The molecule has 1 heterocycles. The standard InChI is InChI=1S/C7H12ClN3O2S/c1-2-11(6-4-8)14(12,13)7-3-5-9-10-7/h3,5H,2,4,6H2,1H3,(H,9,10). The Morgan fingerprint density at radius 2 is 2.36 bits per heavy atom. The van der Waals surface area contributed by atoms with Crippen LogP contribution >= 0.6 is 11.6 Å². The van der Waals surface area contributed by atoms with E-state index in [2.05, 4.69) is 10.2 Å². The summed E-state index contributed by atoms with van der Waals surface area (Å²) in [7, 11) is -3.44. The molecule has 14 heavy (non-hydrogen) atoms. The lowest BCUT2D eigenvalue weighted by Gasteiger charge is -2.17. The Morgan fingerprint density at radius 1 is 1.64 bits per heavy atom. The molecule has 1 N–H and O–H groups in total. The van der Waals surface area contributed by atoms with E-state index < -0.39 is 10.0 Å². The third-order valence-electron chi connectivity index (χ3n) is 1.78. The van der Waals surface area contributed by atoms with Gasteiger partial charge in [0.15, 0.2) is 5.03 Å². The lowest BCUT2D eigenvalue weighted by molar-refractivity contribution is 0.444. The number of H-pyrrole nitrogens is 1. The van der Waals surface area contributed by atoms with Gasteiger partial charge >= 0.3 is 0 Å². The van der Waals surface area contributed by atoms with Crippen LogP contribution in [0.25, 0.3) is 0 Å². The second-order valence-electron chi connectivity index (χ2n) is 2.61. The first kappa shape index (κ1) is 11.5. The molecule has 80 valence electrons. The first-order valence-electron chi connectivity index (χ1n) is 4.18.